The number of imidazole rings is 1. The fourth-order valence-corrected chi connectivity index (χ4v) is 3.26. The molecule has 2 aromatic carbocycles. The highest BCUT2D eigenvalue weighted by atomic mass is 16.5. The predicted octanol–water partition coefficient (Wildman–Crippen LogP) is 2.43. The molecule has 4 rings (SSSR count). The SMILES string of the molecule is CC(C(=O)Nc1ccc(Oc2ccccc2)cc1)n1cnc2c1c(=O)n(C)c(=O)n2C. The van der Waals surface area contributed by atoms with Crippen LogP contribution in [0.1, 0.15) is 13.0 Å². The highest BCUT2D eigenvalue weighted by molar-refractivity contribution is 5.94. The van der Waals surface area contributed by atoms with Crippen molar-refractivity contribution in [3.63, 3.8) is 0 Å². The summed E-state index contributed by atoms with van der Waals surface area (Å²) in [5.41, 5.74) is 0.0336. The van der Waals surface area contributed by atoms with E-state index in [-0.39, 0.29) is 17.1 Å². The first kappa shape index (κ1) is 20.1. The number of aromatic nitrogens is 4. The lowest BCUT2D eigenvalue weighted by molar-refractivity contribution is -0.118. The summed E-state index contributed by atoms with van der Waals surface area (Å²) in [6.07, 6.45) is 1.40. The maximum atomic E-state index is 12.8. The van der Waals surface area contributed by atoms with Gasteiger partial charge in [-0.1, -0.05) is 18.2 Å². The number of hydrogen-bond acceptors (Lipinski definition) is 5. The smallest absolute Gasteiger partial charge is 0.332 e. The first-order chi connectivity index (χ1) is 14.9. The molecule has 1 unspecified atom stereocenters. The fourth-order valence-electron chi connectivity index (χ4n) is 3.26. The highest BCUT2D eigenvalue weighted by Gasteiger charge is 2.22. The Morgan fingerprint density at radius 3 is 2.29 bits per heavy atom. The molecule has 0 radical (unpaired) electrons. The van der Waals surface area contributed by atoms with Crippen molar-refractivity contribution in [3.8, 4) is 11.5 Å². The van der Waals surface area contributed by atoms with Gasteiger partial charge in [-0.25, -0.2) is 9.78 Å². The Hall–Kier alpha value is -4.14. The van der Waals surface area contributed by atoms with E-state index in [1.807, 2.05) is 30.3 Å². The zero-order chi connectivity index (χ0) is 22.1. The van der Waals surface area contributed by atoms with Gasteiger partial charge in [-0.05, 0) is 43.3 Å². The van der Waals surface area contributed by atoms with Gasteiger partial charge in [0.1, 0.15) is 17.5 Å². The maximum absolute atomic E-state index is 12.8. The zero-order valence-corrected chi connectivity index (χ0v) is 17.3. The van der Waals surface area contributed by atoms with Gasteiger partial charge in [-0.15, -0.1) is 0 Å². The van der Waals surface area contributed by atoms with Crippen LogP contribution in [0.2, 0.25) is 0 Å². The van der Waals surface area contributed by atoms with E-state index in [0.29, 0.717) is 11.4 Å². The summed E-state index contributed by atoms with van der Waals surface area (Å²) in [6, 6.07) is 15.6. The Kier molecular flexibility index (Phi) is 5.16. The highest BCUT2D eigenvalue weighted by Crippen LogP contribution is 2.23. The Morgan fingerprint density at radius 1 is 0.968 bits per heavy atom. The Morgan fingerprint density at radius 2 is 1.61 bits per heavy atom. The number of carbonyl (C=O) groups excluding carboxylic acids is 1. The zero-order valence-electron chi connectivity index (χ0n) is 17.3. The Balaban J connectivity index is 1.54. The number of carbonyl (C=O) groups is 1. The van der Waals surface area contributed by atoms with Crippen molar-refractivity contribution in [3.05, 3.63) is 81.8 Å². The van der Waals surface area contributed by atoms with Crippen LogP contribution in [-0.2, 0) is 18.9 Å². The quantitative estimate of drug-likeness (QED) is 0.536. The number of hydrogen-bond donors (Lipinski definition) is 1. The number of ether oxygens (including phenoxy) is 1. The summed E-state index contributed by atoms with van der Waals surface area (Å²) >= 11 is 0. The van der Waals surface area contributed by atoms with Crippen molar-refractivity contribution in [2.24, 2.45) is 14.1 Å². The molecule has 158 valence electrons. The number of rotatable bonds is 5. The summed E-state index contributed by atoms with van der Waals surface area (Å²) < 4.78 is 9.50. The van der Waals surface area contributed by atoms with Crippen LogP contribution in [0.4, 0.5) is 5.69 Å². The van der Waals surface area contributed by atoms with Crippen molar-refractivity contribution in [1.29, 1.82) is 0 Å². The third-order valence-electron chi connectivity index (χ3n) is 5.07. The number of fused-ring (bicyclic) bond motifs is 1. The average molecular weight is 419 g/mol. The summed E-state index contributed by atoms with van der Waals surface area (Å²) in [4.78, 5) is 41.7. The number of anilines is 1. The third-order valence-corrected chi connectivity index (χ3v) is 5.07. The number of benzene rings is 2. The maximum Gasteiger partial charge on any atom is 0.332 e. The normalized spacial score (nSPS) is 12.0. The van der Waals surface area contributed by atoms with Crippen LogP contribution >= 0.6 is 0 Å². The molecule has 9 nitrogen and oxygen atoms in total. The molecule has 2 aromatic heterocycles. The van der Waals surface area contributed by atoms with E-state index >= 15 is 0 Å². The van der Waals surface area contributed by atoms with Crippen LogP contribution in [-0.4, -0.2) is 24.6 Å². The van der Waals surface area contributed by atoms with E-state index in [2.05, 4.69) is 10.3 Å². The molecular formula is C22H21N5O4. The summed E-state index contributed by atoms with van der Waals surface area (Å²) in [6.45, 7) is 1.66. The van der Waals surface area contributed by atoms with Gasteiger partial charge in [0.15, 0.2) is 11.2 Å². The van der Waals surface area contributed by atoms with E-state index in [1.165, 1.54) is 29.6 Å². The average Bonchev–Trinajstić information content (AvgIpc) is 3.23. The topological polar surface area (TPSA) is 100 Å². The monoisotopic (exact) mass is 419 g/mol. The minimum Gasteiger partial charge on any atom is -0.457 e. The lowest BCUT2D eigenvalue weighted by Gasteiger charge is -2.15. The second kappa shape index (κ2) is 7.94. The van der Waals surface area contributed by atoms with Gasteiger partial charge in [-0.3, -0.25) is 18.7 Å². The van der Waals surface area contributed by atoms with Gasteiger partial charge in [0.25, 0.3) is 5.56 Å². The second-order valence-corrected chi connectivity index (χ2v) is 7.13. The molecule has 0 aliphatic carbocycles. The number of aryl methyl sites for hydroxylation is 1. The van der Waals surface area contributed by atoms with Crippen LogP contribution in [0.3, 0.4) is 0 Å². The standard InChI is InChI=1S/C22H21N5O4/c1-14(27-13-23-19-18(27)21(29)26(3)22(30)25(19)2)20(28)24-15-9-11-17(12-10-15)31-16-7-5-4-6-8-16/h4-14H,1-3H3,(H,24,28). The van der Waals surface area contributed by atoms with Gasteiger partial charge in [-0.2, -0.15) is 0 Å². The van der Waals surface area contributed by atoms with Crippen LogP contribution in [0.5, 0.6) is 11.5 Å². The van der Waals surface area contributed by atoms with E-state index < -0.39 is 17.3 Å². The minimum atomic E-state index is -0.726. The minimum absolute atomic E-state index is 0.193. The molecule has 0 aliphatic rings. The molecule has 31 heavy (non-hydrogen) atoms. The molecule has 0 aliphatic heterocycles. The second-order valence-electron chi connectivity index (χ2n) is 7.13. The van der Waals surface area contributed by atoms with Crippen LogP contribution in [0.15, 0.2) is 70.5 Å². The van der Waals surface area contributed by atoms with Gasteiger partial charge in [0.05, 0.1) is 6.33 Å². The third kappa shape index (κ3) is 3.73. The first-order valence-electron chi connectivity index (χ1n) is 9.63. The van der Waals surface area contributed by atoms with Crippen molar-refractivity contribution in [1.82, 2.24) is 18.7 Å². The van der Waals surface area contributed by atoms with Gasteiger partial charge in [0, 0.05) is 19.8 Å². The Bertz CT molecular complexity index is 1370. The van der Waals surface area contributed by atoms with E-state index in [0.717, 1.165) is 10.3 Å². The molecule has 1 amide bonds. The Labute approximate surface area is 177 Å². The molecule has 0 saturated heterocycles. The van der Waals surface area contributed by atoms with Crippen LogP contribution in [0, 0.1) is 0 Å². The van der Waals surface area contributed by atoms with E-state index in [9.17, 15) is 14.4 Å². The molecular weight excluding hydrogens is 398 g/mol. The van der Waals surface area contributed by atoms with Crippen molar-refractivity contribution < 1.29 is 9.53 Å². The lowest BCUT2D eigenvalue weighted by atomic mass is 10.2. The lowest BCUT2D eigenvalue weighted by Crippen LogP contribution is -2.38. The van der Waals surface area contributed by atoms with Crippen LogP contribution < -0.4 is 21.3 Å². The summed E-state index contributed by atoms with van der Waals surface area (Å²) in [5.74, 6) is 1.03. The fraction of sp³-hybridized carbons (Fsp3) is 0.182. The molecule has 4 aromatic rings. The van der Waals surface area contributed by atoms with Gasteiger partial charge in [0.2, 0.25) is 5.91 Å². The van der Waals surface area contributed by atoms with Gasteiger partial charge < -0.3 is 14.6 Å². The molecule has 0 saturated carbocycles. The molecule has 0 fully saturated rings. The first-order valence-corrected chi connectivity index (χ1v) is 9.63. The number of amides is 1. The molecule has 0 spiro atoms. The number of nitrogens with zero attached hydrogens (tertiary/aromatic N) is 4. The van der Waals surface area contributed by atoms with Gasteiger partial charge >= 0.3 is 5.69 Å². The predicted molar refractivity (Wildman–Crippen MR) is 117 cm³/mol. The summed E-state index contributed by atoms with van der Waals surface area (Å²) in [5, 5.41) is 2.83. The molecule has 9 heteroatoms. The van der Waals surface area contributed by atoms with E-state index in [1.54, 1.807) is 31.2 Å². The van der Waals surface area contributed by atoms with Crippen molar-refractivity contribution in [2.45, 2.75) is 13.0 Å². The van der Waals surface area contributed by atoms with Crippen molar-refractivity contribution >= 4 is 22.8 Å². The number of nitrogens with one attached hydrogen (secondary N) is 1. The van der Waals surface area contributed by atoms with Crippen LogP contribution in [0.25, 0.3) is 11.2 Å². The van der Waals surface area contributed by atoms with E-state index in [4.69, 9.17) is 4.74 Å². The van der Waals surface area contributed by atoms with Crippen molar-refractivity contribution in [2.75, 3.05) is 5.32 Å². The number of para-hydroxylation sites is 1. The largest absolute Gasteiger partial charge is 0.457 e. The molecule has 0 bridgehead atoms. The molecule has 1 atom stereocenters. The summed E-state index contributed by atoms with van der Waals surface area (Å²) in [7, 11) is 2.93. The molecule has 2 heterocycles. The molecule has 1 N–H and O–H groups in total.